The van der Waals surface area contributed by atoms with Gasteiger partial charge < -0.3 is 19.4 Å². The van der Waals surface area contributed by atoms with E-state index in [4.69, 9.17) is 4.42 Å². The first-order valence-electron chi connectivity index (χ1n) is 13.3. The number of fused-ring (bicyclic) bond motifs is 4. The second kappa shape index (κ2) is 7.63. The summed E-state index contributed by atoms with van der Waals surface area (Å²) in [7, 11) is 0. The first kappa shape index (κ1) is 21.8. The highest BCUT2D eigenvalue weighted by atomic mass is 19.1. The number of para-hydroxylation sites is 1. The van der Waals surface area contributed by atoms with Gasteiger partial charge in [0.15, 0.2) is 11.4 Å². The molecule has 4 atom stereocenters. The minimum absolute atomic E-state index is 0.170. The van der Waals surface area contributed by atoms with Gasteiger partial charge in [-0.25, -0.2) is 13.8 Å². The number of rotatable bonds is 5. The summed E-state index contributed by atoms with van der Waals surface area (Å²) in [4.78, 5) is 8.79. The summed E-state index contributed by atoms with van der Waals surface area (Å²) in [5.41, 5.74) is 2.99. The van der Waals surface area contributed by atoms with Crippen LogP contribution in [0.5, 0.6) is 0 Å². The maximum Gasteiger partial charge on any atom is 0.296 e. The monoisotopic (exact) mass is 502 g/mol. The molecule has 4 aliphatic carbocycles. The maximum absolute atomic E-state index is 15.0. The Morgan fingerprint density at radius 1 is 1.08 bits per heavy atom. The lowest BCUT2D eigenvalue weighted by Crippen LogP contribution is -2.59. The molecule has 4 saturated carbocycles. The van der Waals surface area contributed by atoms with Crippen LogP contribution in [0.1, 0.15) is 50.1 Å². The van der Waals surface area contributed by atoms with E-state index in [-0.39, 0.29) is 28.9 Å². The molecule has 8 heteroatoms. The van der Waals surface area contributed by atoms with E-state index in [2.05, 4.69) is 15.3 Å². The van der Waals surface area contributed by atoms with Crippen molar-refractivity contribution in [2.24, 2.45) is 23.2 Å². The number of nitrogens with zero attached hydrogens (tertiary/aromatic N) is 3. The Morgan fingerprint density at radius 3 is 2.68 bits per heavy atom. The molecule has 9 rings (SSSR count). The van der Waals surface area contributed by atoms with Crippen LogP contribution in [0.15, 0.2) is 53.3 Å². The van der Waals surface area contributed by atoms with Crippen molar-refractivity contribution in [3.05, 3.63) is 66.1 Å². The van der Waals surface area contributed by atoms with E-state index in [1.54, 1.807) is 30.7 Å². The van der Waals surface area contributed by atoms with E-state index < -0.39 is 11.9 Å². The number of hydrogen-bond donors (Lipinski definition) is 2. The van der Waals surface area contributed by atoms with Gasteiger partial charge >= 0.3 is 0 Å². The van der Waals surface area contributed by atoms with Crippen molar-refractivity contribution in [2.75, 3.05) is 5.32 Å². The van der Waals surface area contributed by atoms with Crippen LogP contribution in [0.4, 0.5) is 14.8 Å². The smallest absolute Gasteiger partial charge is 0.296 e. The van der Waals surface area contributed by atoms with Gasteiger partial charge in [0.2, 0.25) is 0 Å². The van der Waals surface area contributed by atoms with E-state index in [9.17, 15) is 13.9 Å². The molecule has 0 spiro atoms. The molecule has 4 fully saturated rings. The molecular weight excluding hydrogens is 474 g/mol. The zero-order valence-electron chi connectivity index (χ0n) is 20.3. The average molecular weight is 503 g/mol. The number of nitrogens with one attached hydrogen (secondary N) is 1. The molecule has 37 heavy (non-hydrogen) atoms. The van der Waals surface area contributed by atoms with Crippen LogP contribution in [0.3, 0.4) is 0 Å². The number of aliphatic hydroxyl groups excluding tert-OH is 1. The van der Waals surface area contributed by atoms with Crippen LogP contribution in [0.2, 0.25) is 0 Å². The van der Waals surface area contributed by atoms with Gasteiger partial charge in [-0.15, -0.1) is 0 Å². The van der Waals surface area contributed by atoms with Crippen LogP contribution < -0.4 is 5.32 Å². The van der Waals surface area contributed by atoms with Gasteiger partial charge in [-0.05, 0) is 79.9 Å². The summed E-state index contributed by atoms with van der Waals surface area (Å²) in [6, 6.07) is 10.3. The normalized spacial score (nSPS) is 32.0. The van der Waals surface area contributed by atoms with E-state index in [0.717, 1.165) is 43.4 Å². The SMILES string of the molecule is OC(CC1c2c(F)cccc2-c2cncn21)C12CC3CC(C1)C(Nc1nc4cccc(F)c4o1)C(C3)C2. The number of aliphatic hydroxyl groups is 1. The predicted molar refractivity (Wildman–Crippen MR) is 134 cm³/mol. The van der Waals surface area contributed by atoms with Gasteiger partial charge in [0.1, 0.15) is 11.3 Å². The fourth-order valence-electron chi connectivity index (χ4n) is 8.54. The summed E-state index contributed by atoms with van der Waals surface area (Å²) in [6.45, 7) is 0. The number of oxazole rings is 1. The van der Waals surface area contributed by atoms with E-state index in [1.807, 2.05) is 10.6 Å². The Morgan fingerprint density at radius 2 is 1.86 bits per heavy atom. The second-order valence-electron chi connectivity index (χ2n) is 11.8. The zero-order valence-corrected chi connectivity index (χ0v) is 20.3. The summed E-state index contributed by atoms with van der Waals surface area (Å²) in [5, 5.41) is 15.3. The van der Waals surface area contributed by atoms with Gasteiger partial charge in [-0.3, -0.25) is 0 Å². The molecule has 6 nitrogen and oxygen atoms in total. The van der Waals surface area contributed by atoms with E-state index in [1.165, 1.54) is 12.1 Å². The van der Waals surface area contributed by atoms with Crippen molar-refractivity contribution >= 4 is 17.1 Å². The van der Waals surface area contributed by atoms with Crippen LogP contribution in [-0.4, -0.2) is 31.8 Å². The minimum Gasteiger partial charge on any atom is -0.420 e. The van der Waals surface area contributed by atoms with Crippen LogP contribution >= 0.6 is 0 Å². The first-order valence-corrected chi connectivity index (χ1v) is 13.3. The molecule has 2 aromatic heterocycles. The fourth-order valence-corrected chi connectivity index (χ4v) is 8.54. The third kappa shape index (κ3) is 3.11. The van der Waals surface area contributed by atoms with Crippen LogP contribution in [-0.2, 0) is 0 Å². The second-order valence-corrected chi connectivity index (χ2v) is 11.8. The Labute approximate surface area is 212 Å². The maximum atomic E-state index is 15.0. The molecule has 4 unspecified atom stereocenters. The highest BCUT2D eigenvalue weighted by Gasteiger charge is 2.58. The van der Waals surface area contributed by atoms with Gasteiger partial charge in [-0.1, -0.05) is 18.2 Å². The standard InChI is InChI=1S/C29H28F2N4O2/c30-19-4-1-3-18-23-13-32-14-35(23)22(25(18)19)9-24(36)29-10-15-7-16(11-29)26(17(8-15)12-29)34-28-33-21-6-2-5-20(31)27(21)37-28/h1-6,13-17,22,24,26,36H,7-12H2,(H,33,34). The molecular formula is C29H28F2N4O2. The van der Waals surface area contributed by atoms with Crippen molar-refractivity contribution < 1.29 is 18.3 Å². The van der Waals surface area contributed by atoms with Crippen LogP contribution in [0.25, 0.3) is 22.4 Å². The summed E-state index contributed by atoms with van der Waals surface area (Å²) < 4.78 is 36.9. The van der Waals surface area contributed by atoms with Gasteiger partial charge in [0.05, 0.1) is 30.4 Å². The number of anilines is 1. The summed E-state index contributed by atoms with van der Waals surface area (Å²) in [5.74, 6) is 0.733. The highest BCUT2D eigenvalue weighted by molar-refractivity contribution is 5.75. The average Bonchev–Trinajstić information content (AvgIpc) is 3.58. The van der Waals surface area contributed by atoms with Crippen molar-refractivity contribution in [1.82, 2.24) is 14.5 Å². The Kier molecular flexibility index (Phi) is 4.49. The number of imidazole rings is 1. The predicted octanol–water partition coefficient (Wildman–Crippen LogP) is 5.93. The molecule has 190 valence electrons. The molecule has 4 aromatic rings. The summed E-state index contributed by atoms with van der Waals surface area (Å²) >= 11 is 0. The quantitative estimate of drug-likeness (QED) is 0.354. The molecule has 4 bridgehead atoms. The molecule has 0 radical (unpaired) electrons. The lowest BCUT2D eigenvalue weighted by atomic mass is 9.46. The Bertz CT molecular complexity index is 1510. The number of hydrogen-bond acceptors (Lipinski definition) is 5. The molecule has 0 saturated heterocycles. The molecule has 3 heterocycles. The van der Waals surface area contributed by atoms with Crippen molar-refractivity contribution in [2.45, 2.75) is 56.7 Å². The molecule has 0 amide bonds. The van der Waals surface area contributed by atoms with Crippen LogP contribution in [0, 0.1) is 34.8 Å². The van der Waals surface area contributed by atoms with E-state index in [0.29, 0.717) is 41.3 Å². The lowest BCUT2D eigenvalue weighted by Gasteiger charge is -2.61. The van der Waals surface area contributed by atoms with Gasteiger partial charge in [0.25, 0.3) is 6.01 Å². The third-order valence-corrected chi connectivity index (χ3v) is 9.79. The van der Waals surface area contributed by atoms with Gasteiger partial charge in [0, 0.05) is 17.2 Å². The molecule has 2 aromatic carbocycles. The Balaban J connectivity index is 1.06. The number of benzene rings is 2. The third-order valence-electron chi connectivity index (χ3n) is 9.79. The highest BCUT2D eigenvalue weighted by Crippen LogP contribution is 2.63. The zero-order chi connectivity index (χ0) is 24.9. The minimum atomic E-state index is -0.536. The Hall–Kier alpha value is -3.26. The molecule has 1 aliphatic heterocycles. The number of halogens is 2. The summed E-state index contributed by atoms with van der Waals surface area (Å²) in [6.07, 6.45) is 8.57. The number of aromatic nitrogens is 3. The topological polar surface area (TPSA) is 76.1 Å². The largest absolute Gasteiger partial charge is 0.420 e. The molecule has 2 N–H and O–H groups in total. The lowest BCUT2D eigenvalue weighted by molar-refractivity contribution is -0.129. The van der Waals surface area contributed by atoms with Crippen molar-refractivity contribution in [1.29, 1.82) is 0 Å². The van der Waals surface area contributed by atoms with E-state index >= 15 is 0 Å². The molecule has 5 aliphatic rings. The van der Waals surface area contributed by atoms with Crippen molar-refractivity contribution in [3.63, 3.8) is 0 Å². The van der Waals surface area contributed by atoms with Gasteiger partial charge in [-0.2, -0.15) is 4.98 Å². The first-order chi connectivity index (χ1) is 18.0. The van der Waals surface area contributed by atoms with Crippen molar-refractivity contribution in [3.8, 4) is 11.3 Å². The fraction of sp³-hybridized carbons (Fsp3) is 0.448.